The Morgan fingerprint density at radius 3 is 2.33 bits per heavy atom. The van der Waals surface area contributed by atoms with Crippen LogP contribution in [0.4, 0.5) is 0 Å². The number of benzene rings is 2. The van der Waals surface area contributed by atoms with Crippen LogP contribution in [0.2, 0.25) is 0 Å². The first-order valence-electron chi connectivity index (χ1n) is 9.54. The molecule has 0 radical (unpaired) electrons. The first-order valence-corrected chi connectivity index (χ1v) is 10.5. The molecule has 2 aromatic heterocycles. The van der Waals surface area contributed by atoms with Gasteiger partial charge in [-0.1, -0.05) is 59.8 Å². The maximum absolute atomic E-state index is 12.2. The Morgan fingerprint density at radius 1 is 0.933 bits per heavy atom. The van der Waals surface area contributed by atoms with E-state index in [2.05, 4.69) is 40.7 Å². The first-order chi connectivity index (χ1) is 14.5. The van der Waals surface area contributed by atoms with Gasteiger partial charge in [0.05, 0.1) is 11.9 Å². The maximum atomic E-state index is 12.2. The van der Waals surface area contributed by atoms with E-state index in [0.29, 0.717) is 11.4 Å². The predicted molar refractivity (Wildman–Crippen MR) is 120 cm³/mol. The van der Waals surface area contributed by atoms with Gasteiger partial charge in [-0.25, -0.2) is 9.78 Å². The van der Waals surface area contributed by atoms with E-state index in [1.807, 2.05) is 36.5 Å². The lowest BCUT2D eigenvalue weighted by atomic mass is 10.1. The zero-order valence-corrected chi connectivity index (χ0v) is 17.9. The van der Waals surface area contributed by atoms with Gasteiger partial charge < -0.3 is 0 Å². The molecule has 0 N–H and O–H groups in total. The van der Waals surface area contributed by atoms with E-state index in [1.165, 1.54) is 35.0 Å². The highest BCUT2D eigenvalue weighted by atomic mass is 32.2. The number of aromatic nitrogens is 4. The van der Waals surface area contributed by atoms with E-state index < -0.39 is 0 Å². The second-order valence-corrected chi connectivity index (χ2v) is 8.07. The Morgan fingerprint density at radius 2 is 1.63 bits per heavy atom. The Labute approximate surface area is 178 Å². The fraction of sp³-hybridized carbons (Fsp3) is 0.174. The molecule has 2 aromatic carbocycles. The monoisotopic (exact) mass is 418 g/mol. The largest absolute Gasteiger partial charge is 0.330 e. The molecular weight excluding hydrogens is 396 g/mol. The van der Waals surface area contributed by atoms with Crippen molar-refractivity contribution in [3.63, 3.8) is 0 Å². The summed E-state index contributed by atoms with van der Waals surface area (Å²) in [7, 11) is 3.16. The molecule has 0 unspecified atom stereocenters. The second-order valence-electron chi connectivity index (χ2n) is 7.13. The van der Waals surface area contributed by atoms with Crippen LogP contribution in [-0.2, 0) is 19.8 Å². The number of imidazole rings is 1. The molecule has 0 spiro atoms. The van der Waals surface area contributed by atoms with Crippen LogP contribution in [0.3, 0.4) is 0 Å². The Hall–Kier alpha value is -3.32. The quantitative estimate of drug-likeness (QED) is 0.465. The molecule has 4 rings (SSSR count). The van der Waals surface area contributed by atoms with Crippen molar-refractivity contribution in [1.29, 1.82) is 0 Å². The highest BCUT2D eigenvalue weighted by Gasteiger charge is 2.15. The van der Waals surface area contributed by atoms with Crippen LogP contribution in [0.25, 0.3) is 16.9 Å². The Balaban J connectivity index is 1.75. The van der Waals surface area contributed by atoms with E-state index in [0.717, 1.165) is 26.7 Å². The van der Waals surface area contributed by atoms with Crippen molar-refractivity contribution in [2.45, 2.75) is 17.8 Å². The van der Waals surface area contributed by atoms with Crippen LogP contribution in [-0.4, -0.2) is 18.7 Å². The summed E-state index contributed by atoms with van der Waals surface area (Å²) in [5.41, 5.74) is 4.29. The number of para-hydroxylation sites is 1. The first kappa shape index (κ1) is 20.0. The maximum Gasteiger partial charge on any atom is 0.330 e. The van der Waals surface area contributed by atoms with Gasteiger partial charge in [-0.05, 0) is 19.1 Å². The minimum Gasteiger partial charge on any atom is -0.300 e. The van der Waals surface area contributed by atoms with Crippen LogP contribution < -0.4 is 11.2 Å². The summed E-state index contributed by atoms with van der Waals surface area (Å²) in [5.74, 6) is 0.457. The lowest BCUT2D eigenvalue weighted by Crippen LogP contribution is -2.37. The van der Waals surface area contributed by atoms with Gasteiger partial charge in [-0.2, -0.15) is 0 Å². The van der Waals surface area contributed by atoms with Crippen molar-refractivity contribution in [2.24, 2.45) is 14.1 Å². The fourth-order valence-electron chi connectivity index (χ4n) is 3.25. The summed E-state index contributed by atoms with van der Waals surface area (Å²) in [6.45, 7) is 2.06. The zero-order valence-electron chi connectivity index (χ0n) is 17.1. The smallest absolute Gasteiger partial charge is 0.300 e. The zero-order chi connectivity index (χ0) is 21.3. The van der Waals surface area contributed by atoms with Gasteiger partial charge in [-0.3, -0.25) is 18.5 Å². The molecule has 6 nitrogen and oxygen atoms in total. The summed E-state index contributed by atoms with van der Waals surface area (Å²) >= 11 is 1.50. The lowest BCUT2D eigenvalue weighted by molar-refractivity contribution is 0.665. The topological polar surface area (TPSA) is 61.8 Å². The fourth-order valence-corrected chi connectivity index (χ4v) is 4.26. The average Bonchev–Trinajstić information content (AvgIpc) is 3.19. The van der Waals surface area contributed by atoms with Crippen molar-refractivity contribution >= 4 is 11.8 Å². The summed E-state index contributed by atoms with van der Waals surface area (Å²) in [6.07, 6.45) is 1.86. The number of hydrogen-bond donors (Lipinski definition) is 0. The second kappa shape index (κ2) is 8.20. The number of rotatable bonds is 5. The third-order valence-corrected chi connectivity index (χ3v) is 6.05. The van der Waals surface area contributed by atoms with Crippen LogP contribution >= 0.6 is 11.8 Å². The van der Waals surface area contributed by atoms with Gasteiger partial charge in [0.2, 0.25) is 0 Å². The van der Waals surface area contributed by atoms with Gasteiger partial charge in [-0.15, -0.1) is 0 Å². The van der Waals surface area contributed by atoms with E-state index in [1.54, 1.807) is 7.05 Å². The standard InChI is InChI=1S/C23H22N4O2S/c1-16-9-11-17(12-10-16)20-14-24-22(27(20)18-7-5-4-6-8-18)30-15-19-13-21(28)26(3)23(29)25(19)2/h4-14H,15H2,1-3H3. The molecular formula is C23H22N4O2S. The van der Waals surface area contributed by atoms with Crippen molar-refractivity contribution in [1.82, 2.24) is 18.7 Å². The normalized spacial score (nSPS) is 11.0. The number of nitrogens with zero attached hydrogens (tertiary/aromatic N) is 4. The van der Waals surface area contributed by atoms with Crippen molar-refractivity contribution < 1.29 is 0 Å². The third-order valence-electron chi connectivity index (χ3n) is 5.07. The minimum absolute atomic E-state index is 0.305. The summed E-state index contributed by atoms with van der Waals surface area (Å²) in [4.78, 5) is 28.9. The van der Waals surface area contributed by atoms with Gasteiger partial charge in [0.15, 0.2) is 5.16 Å². The van der Waals surface area contributed by atoms with Crippen molar-refractivity contribution in [3.8, 4) is 16.9 Å². The molecule has 30 heavy (non-hydrogen) atoms. The summed E-state index contributed by atoms with van der Waals surface area (Å²) in [5, 5.41) is 0.796. The molecule has 0 aliphatic heterocycles. The van der Waals surface area contributed by atoms with Gasteiger partial charge >= 0.3 is 5.69 Å². The molecule has 152 valence electrons. The van der Waals surface area contributed by atoms with Crippen LogP contribution in [0.5, 0.6) is 0 Å². The molecule has 7 heteroatoms. The molecule has 0 aliphatic carbocycles. The summed E-state index contributed by atoms with van der Waals surface area (Å²) in [6, 6.07) is 19.9. The Bertz CT molecular complexity index is 1300. The van der Waals surface area contributed by atoms with E-state index >= 15 is 0 Å². The highest BCUT2D eigenvalue weighted by Crippen LogP contribution is 2.31. The molecule has 0 aliphatic rings. The lowest BCUT2D eigenvalue weighted by Gasteiger charge is -2.13. The molecule has 0 fully saturated rings. The van der Waals surface area contributed by atoms with Crippen LogP contribution in [0, 0.1) is 6.92 Å². The average molecular weight is 419 g/mol. The minimum atomic E-state index is -0.329. The van der Waals surface area contributed by atoms with Crippen LogP contribution in [0.1, 0.15) is 11.3 Å². The predicted octanol–water partition coefficient (Wildman–Crippen LogP) is 3.54. The van der Waals surface area contributed by atoms with Gasteiger partial charge in [0.1, 0.15) is 0 Å². The number of aryl methyl sites for hydroxylation is 1. The Kier molecular flexibility index (Phi) is 5.46. The van der Waals surface area contributed by atoms with Gasteiger partial charge in [0.25, 0.3) is 5.56 Å². The van der Waals surface area contributed by atoms with Crippen molar-refractivity contribution in [3.05, 3.63) is 99.0 Å². The highest BCUT2D eigenvalue weighted by molar-refractivity contribution is 7.98. The number of thioether (sulfide) groups is 1. The SMILES string of the molecule is Cc1ccc(-c2cnc(SCc3cc(=O)n(C)c(=O)n3C)n2-c2ccccc2)cc1. The van der Waals surface area contributed by atoms with E-state index in [-0.39, 0.29) is 11.2 Å². The molecule has 0 saturated carbocycles. The van der Waals surface area contributed by atoms with Crippen molar-refractivity contribution in [2.75, 3.05) is 0 Å². The molecule has 0 amide bonds. The number of hydrogen-bond acceptors (Lipinski definition) is 4. The molecule has 0 saturated heterocycles. The molecule has 0 bridgehead atoms. The van der Waals surface area contributed by atoms with E-state index in [9.17, 15) is 9.59 Å². The molecule has 0 atom stereocenters. The van der Waals surface area contributed by atoms with Gasteiger partial charge in [0, 0.05) is 42.9 Å². The van der Waals surface area contributed by atoms with Crippen LogP contribution in [0.15, 0.2) is 81.6 Å². The summed E-state index contributed by atoms with van der Waals surface area (Å²) < 4.78 is 4.72. The molecule has 4 aromatic rings. The molecule has 2 heterocycles. The third kappa shape index (κ3) is 3.76. The van der Waals surface area contributed by atoms with E-state index in [4.69, 9.17) is 0 Å².